The number of phenols is 1. The van der Waals surface area contributed by atoms with E-state index in [2.05, 4.69) is 5.32 Å². The summed E-state index contributed by atoms with van der Waals surface area (Å²) >= 11 is 0. The number of hydrogen-bond acceptors (Lipinski definition) is 3. The number of amides is 2. The normalized spacial score (nSPS) is 15.9. The minimum absolute atomic E-state index is 0.00490. The van der Waals surface area contributed by atoms with Crippen LogP contribution in [0.3, 0.4) is 0 Å². The number of piperidine rings is 1. The number of nitrogens with zero attached hydrogens (tertiary/aromatic N) is 1. The van der Waals surface area contributed by atoms with Crippen molar-refractivity contribution in [3.63, 3.8) is 0 Å². The van der Waals surface area contributed by atoms with E-state index in [0.29, 0.717) is 24.6 Å². The van der Waals surface area contributed by atoms with Crippen LogP contribution in [0.15, 0.2) is 48.5 Å². The van der Waals surface area contributed by atoms with E-state index in [0.717, 1.165) is 18.4 Å². The number of likely N-dealkylation sites (tertiary alicyclic amines) is 1. The quantitative estimate of drug-likeness (QED) is 0.809. The topological polar surface area (TPSA) is 69.6 Å². The molecule has 2 amide bonds. The van der Waals surface area contributed by atoms with E-state index >= 15 is 0 Å². The molecule has 0 aromatic heterocycles. The molecule has 1 heterocycles. The summed E-state index contributed by atoms with van der Waals surface area (Å²) in [6.45, 7) is 7.17. The van der Waals surface area contributed by atoms with Crippen molar-refractivity contribution >= 4 is 11.8 Å². The van der Waals surface area contributed by atoms with Crippen molar-refractivity contribution in [2.75, 3.05) is 13.1 Å². The minimum atomic E-state index is -0.535. The summed E-state index contributed by atoms with van der Waals surface area (Å²) in [6, 6.07) is 14.2. The molecule has 1 saturated heterocycles. The first-order chi connectivity index (χ1) is 13.9. The molecule has 5 nitrogen and oxygen atoms in total. The van der Waals surface area contributed by atoms with Crippen molar-refractivity contribution in [1.82, 2.24) is 10.2 Å². The van der Waals surface area contributed by atoms with E-state index in [1.807, 2.05) is 56.0 Å². The van der Waals surface area contributed by atoms with Gasteiger partial charge in [-0.05, 0) is 60.9 Å². The number of rotatable bonds is 5. The fourth-order valence-corrected chi connectivity index (χ4v) is 3.94. The van der Waals surface area contributed by atoms with Gasteiger partial charge >= 0.3 is 0 Å². The number of carbonyl (C=O) groups excluding carboxylic acids is 2. The maximum absolute atomic E-state index is 13.2. The second-order valence-corrected chi connectivity index (χ2v) is 8.20. The Hall–Kier alpha value is -2.82. The molecule has 29 heavy (non-hydrogen) atoms. The van der Waals surface area contributed by atoms with Gasteiger partial charge in [0.15, 0.2) is 0 Å². The summed E-state index contributed by atoms with van der Waals surface area (Å²) in [5, 5.41) is 12.4. The molecule has 154 valence electrons. The van der Waals surface area contributed by atoms with E-state index in [4.69, 9.17) is 0 Å². The number of carbonyl (C=O) groups is 2. The summed E-state index contributed by atoms with van der Waals surface area (Å²) < 4.78 is 0. The van der Waals surface area contributed by atoms with E-state index in [1.165, 1.54) is 5.56 Å². The van der Waals surface area contributed by atoms with Gasteiger partial charge in [0, 0.05) is 18.7 Å². The molecule has 1 aliphatic rings. The van der Waals surface area contributed by atoms with Crippen molar-refractivity contribution in [3.8, 4) is 5.75 Å². The van der Waals surface area contributed by atoms with Crippen LogP contribution in [0, 0.1) is 12.8 Å². The molecule has 2 N–H and O–H groups in total. The largest absolute Gasteiger partial charge is 0.508 e. The van der Waals surface area contributed by atoms with Gasteiger partial charge in [0.25, 0.3) is 5.91 Å². The SMILES string of the molecule is Cc1ccccc1C(=O)NC(C(=O)N1CCC(c2ccc(O)cc2)CC1)C(C)C. The summed E-state index contributed by atoms with van der Waals surface area (Å²) in [5.74, 6) is 0.453. The molecule has 0 spiro atoms. The molecule has 2 aromatic carbocycles. The summed E-state index contributed by atoms with van der Waals surface area (Å²) in [7, 11) is 0. The van der Waals surface area contributed by atoms with Gasteiger partial charge in [0.2, 0.25) is 5.91 Å². The van der Waals surface area contributed by atoms with Crippen molar-refractivity contribution in [2.24, 2.45) is 5.92 Å². The van der Waals surface area contributed by atoms with Crippen LogP contribution in [0.2, 0.25) is 0 Å². The lowest BCUT2D eigenvalue weighted by molar-refractivity contribution is -0.135. The highest BCUT2D eigenvalue weighted by Crippen LogP contribution is 2.29. The van der Waals surface area contributed by atoms with E-state index in [1.54, 1.807) is 18.2 Å². The van der Waals surface area contributed by atoms with Crippen LogP contribution in [-0.2, 0) is 4.79 Å². The maximum atomic E-state index is 13.2. The highest BCUT2D eigenvalue weighted by atomic mass is 16.3. The lowest BCUT2D eigenvalue weighted by atomic mass is 9.89. The fourth-order valence-electron chi connectivity index (χ4n) is 3.94. The number of benzene rings is 2. The van der Waals surface area contributed by atoms with Gasteiger partial charge in [-0.1, -0.05) is 44.2 Å². The molecule has 1 unspecified atom stereocenters. The molecule has 1 atom stereocenters. The molecule has 0 bridgehead atoms. The van der Waals surface area contributed by atoms with Gasteiger partial charge in [-0.15, -0.1) is 0 Å². The third kappa shape index (κ3) is 4.97. The van der Waals surface area contributed by atoms with Gasteiger partial charge in [-0.25, -0.2) is 0 Å². The van der Waals surface area contributed by atoms with Crippen LogP contribution >= 0.6 is 0 Å². The van der Waals surface area contributed by atoms with Crippen LogP contribution in [0.5, 0.6) is 5.75 Å². The molecule has 0 aliphatic carbocycles. The van der Waals surface area contributed by atoms with Gasteiger partial charge in [-0.2, -0.15) is 0 Å². The molecule has 2 aromatic rings. The zero-order chi connectivity index (χ0) is 21.0. The monoisotopic (exact) mass is 394 g/mol. The third-order valence-electron chi connectivity index (χ3n) is 5.78. The number of aromatic hydroxyl groups is 1. The standard InChI is InChI=1S/C24H30N2O3/c1-16(2)22(25-23(28)21-7-5-4-6-17(21)3)24(29)26-14-12-19(13-15-26)18-8-10-20(27)11-9-18/h4-11,16,19,22,27H,12-15H2,1-3H3,(H,25,28). The highest BCUT2D eigenvalue weighted by molar-refractivity contribution is 5.98. The van der Waals surface area contributed by atoms with Crippen LogP contribution in [0.1, 0.15) is 54.1 Å². The van der Waals surface area contributed by atoms with Crippen molar-refractivity contribution in [3.05, 3.63) is 65.2 Å². The smallest absolute Gasteiger partial charge is 0.252 e. The predicted molar refractivity (Wildman–Crippen MR) is 114 cm³/mol. The number of aryl methyl sites for hydroxylation is 1. The Balaban J connectivity index is 1.63. The molecule has 0 radical (unpaired) electrons. The highest BCUT2D eigenvalue weighted by Gasteiger charge is 2.32. The lowest BCUT2D eigenvalue weighted by Gasteiger charge is -2.35. The molecule has 0 saturated carbocycles. The third-order valence-corrected chi connectivity index (χ3v) is 5.78. The Morgan fingerprint density at radius 2 is 1.66 bits per heavy atom. The van der Waals surface area contributed by atoms with E-state index < -0.39 is 6.04 Å². The van der Waals surface area contributed by atoms with Crippen molar-refractivity contribution < 1.29 is 14.7 Å². The first kappa shape index (κ1) is 20.9. The average Bonchev–Trinajstić information content (AvgIpc) is 2.72. The van der Waals surface area contributed by atoms with Crippen LogP contribution < -0.4 is 5.32 Å². The molecule has 1 aliphatic heterocycles. The van der Waals surface area contributed by atoms with Gasteiger partial charge in [-0.3, -0.25) is 9.59 Å². The van der Waals surface area contributed by atoms with Gasteiger partial charge in [0.1, 0.15) is 11.8 Å². The van der Waals surface area contributed by atoms with E-state index in [9.17, 15) is 14.7 Å². The first-order valence-electron chi connectivity index (χ1n) is 10.3. The van der Waals surface area contributed by atoms with Crippen molar-refractivity contribution in [2.45, 2.75) is 45.6 Å². The second kappa shape index (κ2) is 9.12. The Morgan fingerprint density at radius 3 is 2.24 bits per heavy atom. The Bertz CT molecular complexity index is 853. The first-order valence-corrected chi connectivity index (χ1v) is 10.3. The molecular weight excluding hydrogens is 364 g/mol. The Kier molecular flexibility index (Phi) is 6.57. The zero-order valence-corrected chi connectivity index (χ0v) is 17.4. The minimum Gasteiger partial charge on any atom is -0.508 e. The van der Waals surface area contributed by atoms with Crippen molar-refractivity contribution in [1.29, 1.82) is 0 Å². The second-order valence-electron chi connectivity index (χ2n) is 8.20. The van der Waals surface area contributed by atoms with Crippen LogP contribution in [0.4, 0.5) is 0 Å². The molecular formula is C24H30N2O3. The summed E-state index contributed by atoms with van der Waals surface area (Å²) in [4.78, 5) is 27.8. The number of hydrogen-bond donors (Lipinski definition) is 2. The lowest BCUT2D eigenvalue weighted by Crippen LogP contribution is -2.52. The molecule has 1 fully saturated rings. The maximum Gasteiger partial charge on any atom is 0.252 e. The average molecular weight is 395 g/mol. The summed E-state index contributed by atoms with van der Waals surface area (Å²) in [6.07, 6.45) is 1.76. The summed E-state index contributed by atoms with van der Waals surface area (Å²) in [5.41, 5.74) is 2.70. The molecule has 5 heteroatoms. The van der Waals surface area contributed by atoms with Crippen LogP contribution in [-0.4, -0.2) is 41.0 Å². The predicted octanol–water partition coefficient (Wildman–Crippen LogP) is 3.86. The Labute approximate surface area is 172 Å². The van der Waals surface area contributed by atoms with Crippen LogP contribution in [0.25, 0.3) is 0 Å². The van der Waals surface area contributed by atoms with Gasteiger partial charge < -0.3 is 15.3 Å². The fraction of sp³-hybridized carbons (Fsp3) is 0.417. The number of nitrogens with one attached hydrogen (secondary N) is 1. The number of phenolic OH excluding ortho intramolecular Hbond substituents is 1. The Morgan fingerprint density at radius 1 is 1.03 bits per heavy atom. The van der Waals surface area contributed by atoms with E-state index in [-0.39, 0.29) is 23.5 Å². The van der Waals surface area contributed by atoms with Gasteiger partial charge in [0.05, 0.1) is 0 Å². The zero-order valence-electron chi connectivity index (χ0n) is 17.4. The molecule has 3 rings (SSSR count).